The number of benzene rings is 2. The summed E-state index contributed by atoms with van der Waals surface area (Å²) >= 11 is 5.86. The maximum Gasteiger partial charge on any atom is 0.243 e. The third-order valence-electron chi connectivity index (χ3n) is 3.90. The number of nitrogens with zero attached hydrogens (tertiary/aromatic N) is 1. The molecule has 0 bridgehead atoms. The van der Waals surface area contributed by atoms with Crippen molar-refractivity contribution in [3.05, 3.63) is 53.6 Å². The quantitative estimate of drug-likeness (QED) is 0.623. The molecule has 152 valence electrons. The molecule has 9 heteroatoms. The minimum atomic E-state index is -3.68. The molecule has 7 nitrogen and oxygen atoms in total. The van der Waals surface area contributed by atoms with Crippen LogP contribution >= 0.6 is 11.6 Å². The summed E-state index contributed by atoms with van der Waals surface area (Å²) in [6, 6.07) is 12.5. The van der Waals surface area contributed by atoms with Crippen molar-refractivity contribution in [2.45, 2.75) is 13.0 Å². The van der Waals surface area contributed by atoms with E-state index in [0.717, 1.165) is 10.6 Å². The second-order valence-corrected chi connectivity index (χ2v) is 8.30. The second kappa shape index (κ2) is 9.66. The zero-order chi connectivity index (χ0) is 20.7. The number of ether oxygens (including phenoxy) is 2. The third-order valence-corrected chi connectivity index (χ3v) is 5.39. The lowest BCUT2D eigenvalue weighted by Gasteiger charge is -2.28. The highest BCUT2D eigenvalue weighted by molar-refractivity contribution is 7.92. The summed E-state index contributed by atoms with van der Waals surface area (Å²) in [6.45, 7) is 1.93. The van der Waals surface area contributed by atoms with Crippen LogP contribution in [-0.4, -0.2) is 46.9 Å². The molecule has 0 aliphatic heterocycles. The molecule has 0 aliphatic rings. The number of hydrogen-bond acceptors (Lipinski definition) is 5. The Kier molecular flexibility index (Phi) is 7.53. The van der Waals surface area contributed by atoms with E-state index in [-0.39, 0.29) is 13.2 Å². The minimum absolute atomic E-state index is 0.207. The molecule has 0 aromatic heterocycles. The Morgan fingerprint density at radius 3 is 2.32 bits per heavy atom. The van der Waals surface area contributed by atoms with Gasteiger partial charge in [-0.05, 0) is 43.3 Å². The molecule has 0 heterocycles. The van der Waals surface area contributed by atoms with E-state index in [1.165, 1.54) is 6.92 Å². The van der Waals surface area contributed by atoms with Crippen molar-refractivity contribution in [2.75, 3.05) is 30.8 Å². The largest absolute Gasteiger partial charge is 0.493 e. The van der Waals surface area contributed by atoms with Crippen molar-refractivity contribution >= 4 is 33.2 Å². The maximum absolute atomic E-state index is 12.5. The topological polar surface area (TPSA) is 84.9 Å². The number of carbonyl (C=O) groups is 1. The Morgan fingerprint density at radius 1 is 1.14 bits per heavy atom. The van der Waals surface area contributed by atoms with Gasteiger partial charge >= 0.3 is 0 Å². The number of hydrogen-bond donors (Lipinski definition) is 1. The molecule has 2 aromatic carbocycles. The average molecular weight is 427 g/mol. The first-order valence-corrected chi connectivity index (χ1v) is 10.7. The summed E-state index contributed by atoms with van der Waals surface area (Å²) in [5.41, 5.74) is 0.361. The monoisotopic (exact) mass is 426 g/mol. The maximum atomic E-state index is 12.5. The van der Waals surface area contributed by atoms with Crippen molar-refractivity contribution in [3.63, 3.8) is 0 Å². The number of para-hydroxylation sites is 2. The highest BCUT2D eigenvalue weighted by Gasteiger charge is 2.28. The summed E-state index contributed by atoms with van der Waals surface area (Å²) in [5.74, 6) is 0.711. The Hall–Kier alpha value is -2.45. The summed E-state index contributed by atoms with van der Waals surface area (Å²) in [4.78, 5) is 12.5. The Morgan fingerprint density at radius 2 is 1.75 bits per heavy atom. The molecule has 1 unspecified atom stereocenters. The second-order valence-electron chi connectivity index (χ2n) is 6.00. The van der Waals surface area contributed by atoms with Gasteiger partial charge in [-0.25, -0.2) is 8.42 Å². The van der Waals surface area contributed by atoms with Crippen LogP contribution in [0.15, 0.2) is 48.5 Å². The first kappa shape index (κ1) is 21.8. The number of sulfonamides is 1. The molecule has 0 saturated heterocycles. The van der Waals surface area contributed by atoms with Gasteiger partial charge in [-0.15, -0.1) is 0 Å². The molecule has 1 amide bonds. The van der Waals surface area contributed by atoms with Gasteiger partial charge in [0, 0.05) is 5.02 Å². The van der Waals surface area contributed by atoms with Gasteiger partial charge in [-0.3, -0.25) is 9.10 Å². The Labute approximate surface area is 170 Å². The van der Waals surface area contributed by atoms with E-state index < -0.39 is 22.0 Å². The van der Waals surface area contributed by atoms with E-state index in [1.54, 1.807) is 43.5 Å². The van der Waals surface area contributed by atoms with Crippen molar-refractivity contribution < 1.29 is 22.7 Å². The predicted molar refractivity (Wildman–Crippen MR) is 110 cm³/mol. The number of amides is 1. The van der Waals surface area contributed by atoms with Crippen molar-refractivity contribution in [3.8, 4) is 11.5 Å². The summed E-state index contributed by atoms with van der Waals surface area (Å²) in [6.07, 6.45) is 1.05. The van der Waals surface area contributed by atoms with Crippen LogP contribution < -0.4 is 19.1 Å². The van der Waals surface area contributed by atoms with Crippen LogP contribution in [0.1, 0.15) is 6.92 Å². The predicted octanol–water partition coefficient (Wildman–Crippen LogP) is 2.70. The molecule has 0 spiro atoms. The SMILES string of the molecule is COc1ccccc1OCCNC(=O)C(C)N(c1ccc(Cl)cc1)S(C)(=O)=O. The average Bonchev–Trinajstić information content (AvgIpc) is 2.66. The smallest absolute Gasteiger partial charge is 0.243 e. The highest BCUT2D eigenvalue weighted by Crippen LogP contribution is 2.25. The molecule has 28 heavy (non-hydrogen) atoms. The number of methoxy groups -OCH3 is 1. The van der Waals surface area contributed by atoms with Gasteiger partial charge in [0.2, 0.25) is 15.9 Å². The van der Waals surface area contributed by atoms with Crippen LogP contribution in [0, 0.1) is 0 Å². The summed E-state index contributed by atoms with van der Waals surface area (Å²) in [5, 5.41) is 3.16. The fraction of sp³-hybridized carbons (Fsp3) is 0.316. The van der Waals surface area contributed by atoms with E-state index in [1.807, 2.05) is 12.1 Å². The van der Waals surface area contributed by atoms with Gasteiger partial charge in [-0.2, -0.15) is 0 Å². The number of carbonyl (C=O) groups excluding carboxylic acids is 1. The zero-order valence-electron chi connectivity index (χ0n) is 15.9. The van der Waals surface area contributed by atoms with E-state index in [4.69, 9.17) is 21.1 Å². The number of rotatable bonds is 9. The van der Waals surface area contributed by atoms with E-state index in [9.17, 15) is 13.2 Å². The third kappa shape index (κ3) is 5.77. The van der Waals surface area contributed by atoms with Gasteiger partial charge < -0.3 is 14.8 Å². The van der Waals surface area contributed by atoms with Crippen molar-refractivity contribution in [1.29, 1.82) is 0 Å². The van der Waals surface area contributed by atoms with Gasteiger partial charge in [0.1, 0.15) is 12.6 Å². The molecule has 2 aromatic rings. The molecule has 1 atom stereocenters. The lowest BCUT2D eigenvalue weighted by Crippen LogP contribution is -2.48. The summed E-state index contributed by atoms with van der Waals surface area (Å²) < 4.78 is 36.3. The zero-order valence-corrected chi connectivity index (χ0v) is 17.5. The lowest BCUT2D eigenvalue weighted by atomic mass is 10.2. The molecule has 2 rings (SSSR count). The van der Waals surface area contributed by atoms with Gasteiger partial charge in [0.15, 0.2) is 11.5 Å². The van der Waals surface area contributed by atoms with Crippen LogP contribution in [0.25, 0.3) is 0 Å². The number of nitrogens with one attached hydrogen (secondary N) is 1. The van der Waals surface area contributed by atoms with Crippen LogP contribution in [-0.2, 0) is 14.8 Å². The van der Waals surface area contributed by atoms with Crippen LogP contribution in [0.2, 0.25) is 5.02 Å². The van der Waals surface area contributed by atoms with Gasteiger partial charge in [-0.1, -0.05) is 23.7 Å². The summed E-state index contributed by atoms with van der Waals surface area (Å²) in [7, 11) is -2.13. The lowest BCUT2D eigenvalue weighted by molar-refractivity contribution is -0.121. The van der Waals surface area contributed by atoms with Crippen LogP contribution in [0.5, 0.6) is 11.5 Å². The van der Waals surface area contributed by atoms with E-state index in [2.05, 4.69) is 5.32 Å². The molecular weight excluding hydrogens is 404 g/mol. The molecule has 0 saturated carbocycles. The van der Waals surface area contributed by atoms with Crippen LogP contribution in [0.4, 0.5) is 5.69 Å². The van der Waals surface area contributed by atoms with E-state index >= 15 is 0 Å². The Bertz CT molecular complexity index is 903. The first-order valence-electron chi connectivity index (χ1n) is 8.52. The normalized spacial score (nSPS) is 12.1. The highest BCUT2D eigenvalue weighted by atomic mass is 35.5. The van der Waals surface area contributed by atoms with Gasteiger partial charge in [0.25, 0.3) is 0 Å². The first-order chi connectivity index (χ1) is 13.2. The van der Waals surface area contributed by atoms with E-state index in [0.29, 0.717) is 22.2 Å². The van der Waals surface area contributed by atoms with Crippen molar-refractivity contribution in [1.82, 2.24) is 5.32 Å². The molecular formula is C19H23ClN2O5S. The fourth-order valence-corrected chi connectivity index (χ4v) is 3.92. The molecule has 0 fully saturated rings. The van der Waals surface area contributed by atoms with Gasteiger partial charge in [0.05, 0.1) is 25.6 Å². The Balaban J connectivity index is 1.98. The molecule has 1 N–H and O–H groups in total. The molecule has 0 aliphatic carbocycles. The minimum Gasteiger partial charge on any atom is -0.493 e. The number of halogens is 1. The fourth-order valence-electron chi connectivity index (χ4n) is 2.62. The number of anilines is 1. The molecule has 0 radical (unpaired) electrons. The standard InChI is InChI=1S/C19H23ClN2O5S/c1-14(22(28(3,24)25)16-10-8-15(20)9-11-16)19(23)21-12-13-27-18-7-5-4-6-17(18)26-2/h4-11,14H,12-13H2,1-3H3,(H,21,23). The van der Waals surface area contributed by atoms with Crippen molar-refractivity contribution in [2.24, 2.45) is 0 Å². The van der Waals surface area contributed by atoms with Crippen LogP contribution in [0.3, 0.4) is 0 Å².